The monoisotopic (exact) mass is 489 g/mol. The fourth-order valence-electron chi connectivity index (χ4n) is 4.36. The summed E-state index contributed by atoms with van der Waals surface area (Å²) in [4.78, 5) is 17.0. The summed E-state index contributed by atoms with van der Waals surface area (Å²) in [5.74, 6) is 0.716. The van der Waals surface area contributed by atoms with Gasteiger partial charge in [0, 0.05) is 31.0 Å². The molecule has 2 N–H and O–H groups in total. The van der Waals surface area contributed by atoms with Crippen molar-refractivity contribution in [3.63, 3.8) is 0 Å². The zero-order valence-electron chi connectivity index (χ0n) is 19.7. The molecule has 4 rings (SSSR count). The lowest BCUT2D eigenvalue weighted by molar-refractivity contribution is -0.121. The number of nitrogens with zero attached hydrogens (tertiary/aromatic N) is 1. The minimum atomic E-state index is -3.50. The molecule has 6 nitrogen and oxygen atoms in total. The first-order valence-electron chi connectivity index (χ1n) is 12.1. The number of fused-ring (bicyclic) bond motifs is 1. The number of hydrogen-bond donors (Lipinski definition) is 2. The number of carbonyl (C=O) groups excluding carboxylic acids is 1. The zero-order valence-corrected chi connectivity index (χ0v) is 20.5. The Hall–Kier alpha value is -3.45. The summed E-state index contributed by atoms with van der Waals surface area (Å²) in [6.07, 6.45) is 3.75. The Bertz CT molecular complexity index is 1220. The molecule has 0 atom stereocenters. The van der Waals surface area contributed by atoms with Gasteiger partial charge < -0.3 is 5.32 Å². The van der Waals surface area contributed by atoms with Gasteiger partial charge in [-0.1, -0.05) is 79.2 Å². The summed E-state index contributed by atoms with van der Waals surface area (Å²) < 4.78 is 26.8. The molecule has 1 amide bonds. The standard InChI is InChI=1S/C28H31N3O3S/c32-27(29-21-19-24(22-12-4-1-5-13-22)23-14-6-2-7-15-23)18-8-3-11-20-30-28-25-16-9-10-17-26(25)35(33,34)31-28/h1-2,4-7,9-10,12-17,24H,3,8,11,18-21H2,(H,29,32)(H,30,31). The molecule has 0 unspecified atom stereocenters. The van der Waals surface area contributed by atoms with E-state index in [0.717, 1.165) is 25.7 Å². The highest BCUT2D eigenvalue weighted by Crippen LogP contribution is 2.27. The smallest absolute Gasteiger partial charge is 0.263 e. The van der Waals surface area contributed by atoms with E-state index in [1.807, 2.05) is 12.1 Å². The van der Waals surface area contributed by atoms with Crippen molar-refractivity contribution < 1.29 is 13.2 Å². The molecule has 3 aromatic carbocycles. The molecule has 182 valence electrons. The fourth-order valence-corrected chi connectivity index (χ4v) is 5.61. The predicted molar refractivity (Wildman–Crippen MR) is 139 cm³/mol. The van der Waals surface area contributed by atoms with Crippen molar-refractivity contribution in [3.8, 4) is 0 Å². The van der Waals surface area contributed by atoms with Crippen LogP contribution in [0, 0.1) is 0 Å². The van der Waals surface area contributed by atoms with Crippen LogP contribution in [-0.2, 0) is 14.8 Å². The van der Waals surface area contributed by atoms with Gasteiger partial charge in [0.05, 0.1) is 4.90 Å². The molecule has 1 aliphatic heterocycles. The summed E-state index contributed by atoms with van der Waals surface area (Å²) in [6, 6.07) is 27.6. The van der Waals surface area contributed by atoms with Crippen molar-refractivity contribution in [1.82, 2.24) is 10.0 Å². The number of benzene rings is 3. The second kappa shape index (κ2) is 11.8. The number of amidine groups is 1. The second-order valence-corrected chi connectivity index (χ2v) is 10.3. The lowest BCUT2D eigenvalue weighted by Crippen LogP contribution is -2.25. The molecule has 1 heterocycles. The lowest BCUT2D eigenvalue weighted by Gasteiger charge is -2.18. The molecule has 0 saturated heterocycles. The van der Waals surface area contributed by atoms with E-state index < -0.39 is 10.0 Å². The van der Waals surface area contributed by atoms with E-state index in [0.29, 0.717) is 30.9 Å². The number of unbranched alkanes of at least 4 members (excludes halogenated alkanes) is 2. The Kier molecular flexibility index (Phi) is 8.32. The third-order valence-electron chi connectivity index (χ3n) is 6.15. The van der Waals surface area contributed by atoms with Crippen molar-refractivity contribution >= 4 is 21.8 Å². The van der Waals surface area contributed by atoms with Crippen molar-refractivity contribution in [2.24, 2.45) is 4.99 Å². The Morgan fingerprint density at radius 1 is 0.829 bits per heavy atom. The fraction of sp³-hybridized carbons (Fsp3) is 0.286. The lowest BCUT2D eigenvalue weighted by atomic mass is 9.88. The molecule has 0 radical (unpaired) electrons. The van der Waals surface area contributed by atoms with Crippen LogP contribution in [0.4, 0.5) is 0 Å². The minimum absolute atomic E-state index is 0.0636. The van der Waals surface area contributed by atoms with Crippen molar-refractivity contribution in [2.75, 3.05) is 13.1 Å². The van der Waals surface area contributed by atoms with E-state index >= 15 is 0 Å². The molecule has 35 heavy (non-hydrogen) atoms. The van der Waals surface area contributed by atoms with E-state index in [-0.39, 0.29) is 16.7 Å². The first-order valence-corrected chi connectivity index (χ1v) is 13.6. The maximum atomic E-state index is 12.3. The van der Waals surface area contributed by atoms with Crippen LogP contribution in [-0.4, -0.2) is 33.3 Å². The Balaban J connectivity index is 1.17. The summed E-state index contributed by atoms with van der Waals surface area (Å²) in [6.45, 7) is 1.14. The molecule has 7 heteroatoms. The Labute approximate surface area is 207 Å². The Morgan fingerprint density at radius 2 is 1.46 bits per heavy atom. The van der Waals surface area contributed by atoms with Crippen molar-refractivity contribution in [2.45, 2.75) is 42.9 Å². The molecule has 1 aliphatic rings. The highest BCUT2D eigenvalue weighted by molar-refractivity contribution is 7.90. The van der Waals surface area contributed by atoms with Crippen LogP contribution in [0.3, 0.4) is 0 Å². The number of aliphatic imine (C=N–C) groups is 1. The highest BCUT2D eigenvalue weighted by atomic mass is 32.2. The van der Waals surface area contributed by atoms with Crippen molar-refractivity contribution in [1.29, 1.82) is 0 Å². The van der Waals surface area contributed by atoms with Gasteiger partial charge in [-0.05, 0) is 42.5 Å². The molecule has 0 saturated carbocycles. The van der Waals surface area contributed by atoms with E-state index in [2.05, 4.69) is 63.6 Å². The van der Waals surface area contributed by atoms with Gasteiger partial charge in [-0.3, -0.25) is 14.5 Å². The number of amides is 1. The predicted octanol–water partition coefficient (Wildman–Crippen LogP) is 4.62. The molecule has 0 aliphatic carbocycles. The third-order valence-corrected chi connectivity index (χ3v) is 7.55. The van der Waals surface area contributed by atoms with Gasteiger partial charge in [-0.15, -0.1) is 0 Å². The van der Waals surface area contributed by atoms with Crippen LogP contribution in [0.1, 0.15) is 54.7 Å². The summed E-state index contributed by atoms with van der Waals surface area (Å²) in [7, 11) is -3.50. The summed E-state index contributed by atoms with van der Waals surface area (Å²) in [5.41, 5.74) is 3.12. The number of nitrogens with one attached hydrogen (secondary N) is 2. The summed E-state index contributed by atoms with van der Waals surface area (Å²) in [5, 5.41) is 3.07. The van der Waals surface area contributed by atoms with Gasteiger partial charge >= 0.3 is 0 Å². The van der Waals surface area contributed by atoms with Gasteiger partial charge in [0.1, 0.15) is 5.84 Å². The van der Waals surface area contributed by atoms with Crippen LogP contribution in [0.15, 0.2) is 94.8 Å². The zero-order chi connectivity index (χ0) is 24.5. The van der Waals surface area contributed by atoms with Crippen molar-refractivity contribution in [3.05, 3.63) is 102 Å². The normalized spacial score (nSPS) is 15.1. The van der Waals surface area contributed by atoms with E-state index in [1.54, 1.807) is 24.3 Å². The maximum absolute atomic E-state index is 12.3. The number of sulfonamides is 1. The molecule has 0 spiro atoms. The van der Waals surface area contributed by atoms with Gasteiger partial charge in [0.15, 0.2) is 0 Å². The van der Waals surface area contributed by atoms with Gasteiger partial charge in [0.2, 0.25) is 5.91 Å². The quantitative estimate of drug-likeness (QED) is 0.385. The summed E-state index contributed by atoms with van der Waals surface area (Å²) >= 11 is 0. The van der Waals surface area contributed by atoms with Crippen LogP contribution in [0.5, 0.6) is 0 Å². The highest BCUT2D eigenvalue weighted by Gasteiger charge is 2.29. The topological polar surface area (TPSA) is 87.6 Å². The number of rotatable bonds is 11. The Morgan fingerprint density at radius 3 is 2.14 bits per heavy atom. The van der Waals surface area contributed by atoms with E-state index in [1.165, 1.54) is 11.1 Å². The molecular formula is C28H31N3O3S. The van der Waals surface area contributed by atoms with E-state index in [9.17, 15) is 13.2 Å². The van der Waals surface area contributed by atoms with Crippen LogP contribution < -0.4 is 10.0 Å². The number of hydrogen-bond acceptors (Lipinski definition) is 4. The minimum Gasteiger partial charge on any atom is -0.356 e. The molecular weight excluding hydrogens is 458 g/mol. The molecule has 0 bridgehead atoms. The molecule has 0 aromatic heterocycles. The average molecular weight is 490 g/mol. The first-order chi connectivity index (χ1) is 17.0. The van der Waals surface area contributed by atoms with Gasteiger partial charge in [-0.25, -0.2) is 8.42 Å². The SMILES string of the molecule is O=C(CCCCCN=C1NS(=O)(=O)c2ccccc21)NCCC(c1ccccc1)c1ccccc1. The van der Waals surface area contributed by atoms with Crippen LogP contribution in [0.2, 0.25) is 0 Å². The average Bonchev–Trinajstić information content (AvgIpc) is 3.15. The largest absolute Gasteiger partial charge is 0.356 e. The van der Waals surface area contributed by atoms with Gasteiger partial charge in [-0.2, -0.15) is 0 Å². The molecule has 3 aromatic rings. The molecule has 0 fully saturated rings. The van der Waals surface area contributed by atoms with Gasteiger partial charge in [0.25, 0.3) is 10.0 Å². The first kappa shape index (κ1) is 24.7. The second-order valence-electron chi connectivity index (χ2n) is 8.66. The van der Waals surface area contributed by atoms with E-state index in [4.69, 9.17) is 0 Å². The van der Waals surface area contributed by atoms with Crippen LogP contribution >= 0.6 is 0 Å². The van der Waals surface area contributed by atoms with Crippen LogP contribution in [0.25, 0.3) is 0 Å². The number of carbonyl (C=O) groups is 1. The maximum Gasteiger partial charge on any atom is 0.263 e. The third kappa shape index (κ3) is 6.57.